The molecule has 2 heterocycles. The normalized spacial score (nSPS) is 24.3. The Kier molecular flexibility index (Phi) is 11.6. The van der Waals surface area contributed by atoms with E-state index in [9.17, 15) is 19.2 Å². The molecule has 3 rings (SSSR count). The number of likely N-dealkylation sites (tertiary alicyclic amines) is 2. The largest absolute Gasteiger partial charge is 0.461 e. The van der Waals surface area contributed by atoms with Gasteiger partial charge in [0.15, 0.2) is 0 Å². The van der Waals surface area contributed by atoms with Gasteiger partial charge in [-0.25, -0.2) is 4.79 Å². The number of amides is 3. The van der Waals surface area contributed by atoms with E-state index in [-0.39, 0.29) is 53.7 Å². The number of hydrogen-bond acceptors (Lipinski definition) is 6. The van der Waals surface area contributed by atoms with Crippen LogP contribution in [0.4, 0.5) is 0 Å². The summed E-state index contributed by atoms with van der Waals surface area (Å²) in [7, 11) is 3.70. The monoisotopic (exact) mass is 560 g/mol. The zero-order valence-corrected chi connectivity index (χ0v) is 25.8. The summed E-state index contributed by atoms with van der Waals surface area (Å²) in [6.45, 7) is 11.1. The number of nitrogens with one attached hydrogen (secondary N) is 1. The highest BCUT2D eigenvalue weighted by Crippen LogP contribution is 2.26. The van der Waals surface area contributed by atoms with Crippen LogP contribution < -0.4 is 5.32 Å². The third-order valence-corrected chi connectivity index (χ3v) is 8.91. The van der Waals surface area contributed by atoms with E-state index in [1.807, 2.05) is 40.8 Å². The number of esters is 1. The molecule has 3 aliphatic rings. The van der Waals surface area contributed by atoms with Crippen molar-refractivity contribution in [2.45, 2.75) is 123 Å². The molecule has 9 nitrogen and oxygen atoms in total. The first-order chi connectivity index (χ1) is 18.9. The van der Waals surface area contributed by atoms with Crippen LogP contribution in [0.25, 0.3) is 0 Å². The topological polar surface area (TPSA) is 99.3 Å². The lowest BCUT2D eigenvalue weighted by Crippen LogP contribution is -2.57. The van der Waals surface area contributed by atoms with Crippen LogP contribution in [0.5, 0.6) is 0 Å². The molecule has 0 aromatic carbocycles. The minimum absolute atomic E-state index is 0.0282. The Morgan fingerprint density at radius 2 is 1.50 bits per heavy atom. The number of carbonyl (C=O) groups is 4. The van der Waals surface area contributed by atoms with Crippen LogP contribution in [0.2, 0.25) is 0 Å². The second-order valence-electron chi connectivity index (χ2n) is 12.8. The summed E-state index contributed by atoms with van der Waals surface area (Å²) in [6.07, 6.45) is 10.0. The molecule has 40 heavy (non-hydrogen) atoms. The summed E-state index contributed by atoms with van der Waals surface area (Å²) in [6, 6.07) is -1.78. The van der Waals surface area contributed by atoms with Gasteiger partial charge >= 0.3 is 5.97 Å². The number of nitrogens with zero attached hydrogens (tertiary/aromatic N) is 3. The fourth-order valence-electron chi connectivity index (χ4n) is 6.34. The second-order valence-corrected chi connectivity index (χ2v) is 12.8. The molecule has 2 saturated heterocycles. The summed E-state index contributed by atoms with van der Waals surface area (Å²) in [5.41, 5.74) is 0.507. The Balaban J connectivity index is 1.70. The summed E-state index contributed by atoms with van der Waals surface area (Å²) in [5.74, 6) is -0.815. The molecule has 0 radical (unpaired) electrons. The zero-order valence-electron chi connectivity index (χ0n) is 25.8. The van der Waals surface area contributed by atoms with E-state index in [4.69, 9.17) is 4.74 Å². The predicted octanol–water partition coefficient (Wildman–Crippen LogP) is 3.52. The van der Waals surface area contributed by atoms with Gasteiger partial charge in [-0.05, 0) is 83.7 Å². The van der Waals surface area contributed by atoms with Crippen molar-refractivity contribution < 1.29 is 23.9 Å². The Morgan fingerprint density at radius 1 is 0.875 bits per heavy atom. The highest BCUT2D eigenvalue weighted by molar-refractivity contribution is 5.96. The predicted molar refractivity (Wildman–Crippen MR) is 155 cm³/mol. The van der Waals surface area contributed by atoms with Crippen LogP contribution in [0.15, 0.2) is 11.6 Å². The molecule has 0 aromatic heterocycles. The SMILES string of the molecule is C/C(=C\[C@H](C(C)C)N(C)C(=O)C(NC(=O)[C@H]1CCCCN1C)C(C)C)C(=O)N1CCCC1C(=O)OC1CCCC1. The van der Waals surface area contributed by atoms with Crippen molar-refractivity contribution in [3.8, 4) is 0 Å². The molecule has 1 saturated carbocycles. The smallest absolute Gasteiger partial charge is 0.329 e. The summed E-state index contributed by atoms with van der Waals surface area (Å²) >= 11 is 0. The number of piperidine rings is 1. The van der Waals surface area contributed by atoms with Crippen molar-refractivity contribution in [1.82, 2.24) is 20.0 Å². The maximum Gasteiger partial charge on any atom is 0.329 e. The molecule has 0 spiro atoms. The average molecular weight is 561 g/mol. The lowest BCUT2D eigenvalue weighted by Gasteiger charge is -2.36. The van der Waals surface area contributed by atoms with Gasteiger partial charge in [0.05, 0.1) is 12.1 Å². The Morgan fingerprint density at radius 3 is 2.10 bits per heavy atom. The number of likely N-dealkylation sites (N-methyl/N-ethyl adjacent to an activating group) is 2. The molecule has 2 aliphatic heterocycles. The molecule has 3 amide bonds. The highest BCUT2D eigenvalue weighted by atomic mass is 16.5. The van der Waals surface area contributed by atoms with E-state index in [2.05, 4.69) is 10.2 Å². The fourth-order valence-corrected chi connectivity index (χ4v) is 6.34. The summed E-state index contributed by atoms with van der Waals surface area (Å²) < 4.78 is 5.73. The highest BCUT2D eigenvalue weighted by Gasteiger charge is 2.38. The molecule has 1 aliphatic carbocycles. The Bertz CT molecular complexity index is 942. The molecular formula is C31H52N4O5. The molecule has 9 heteroatoms. The van der Waals surface area contributed by atoms with Crippen molar-refractivity contribution >= 4 is 23.7 Å². The maximum atomic E-state index is 13.8. The van der Waals surface area contributed by atoms with Gasteiger partial charge in [0, 0.05) is 19.2 Å². The van der Waals surface area contributed by atoms with E-state index in [0.29, 0.717) is 18.5 Å². The van der Waals surface area contributed by atoms with Gasteiger partial charge in [-0.2, -0.15) is 0 Å². The Labute approximate surface area is 241 Å². The molecule has 0 aromatic rings. The quantitative estimate of drug-likeness (QED) is 0.324. The van der Waals surface area contributed by atoms with Gasteiger partial charge in [-0.15, -0.1) is 0 Å². The third-order valence-electron chi connectivity index (χ3n) is 8.91. The lowest BCUT2D eigenvalue weighted by molar-refractivity contribution is -0.157. The van der Waals surface area contributed by atoms with Crippen LogP contribution >= 0.6 is 0 Å². The van der Waals surface area contributed by atoms with Crippen LogP contribution in [0, 0.1) is 11.8 Å². The first kappa shape index (κ1) is 32.1. The van der Waals surface area contributed by atoms with E-state index in [1.54, 1.807) is 23.8 Å². The van der Waals surface area contributed by atoms with Gasteiger partial charge in [-0.3, -0.25) is 19.3 Å². The molecular weight excluding hydrogens is 508 g/mol. The minimum atomic E-state index is -0.660. The number of ether oxygens (including phenoxy) is 1. The fraction of sp³-hybridized carbons (Fsp3) is 0.806. The van der Waals surface area contributed by atoms with Gasteiger partial charge in [-0.1, -0.05) is 40.2 Å². The van der Waals surface area contributed by atoms with Gasteiger partial charge in [0.25, 0.3) is 0 Å². The minimum Gasteiger partial charge on any atom is -0.461 e. The van der Waals surface area contributed by atoms with E-state index in [1.165, 1.54) is 0 Å². The number of rotatable bonds is 10. The van der Waals surface area contributed by atoms with Crippen molar-refractivity contribution in [2.24, 2.45) is 11.8 Å². The Hall–Kier alpha value is -2.42. The first-order valence-electron chi connectivity index (χ1n) is 15.4. The van der Waals surface area contributed by atoms with Crippen molar-refractivity contribution in [3.05, 3.63) is 11.6 Å². The second kappa shape index (κ2) is 14.5. The number of carbonyl (C=O) groups excluding carboxylic acids is 4. The molecule has 1 N–H and O–H groups in total. The van der Waals surface area contributed by atoms with Crippen molar-refractivity contribution in [3.63, 3.8) is 0 Å². The van der Waals surface area contributed by atoms with Crippen LogP contribution in [0.3, 0.4) is 0 Å². The van der Waals surface area contributed by atoms with Gasteiger partial charge in [0.2, 0.25) is 17.7 Å². The molecule has 4 atom stereocenters. The molecule has 226 valence electrons. The first-order valence-corrected chi connectivity index (χ1v) is 15.4. The number of hydrogen-bond donors (Lipinski definition) is 1. The van der Waals surface area contributed by atoms with Crippen molar-refractivity contribution in [1.29, 1.82) is 0 Å². The summed E-state index contributed by atoms with van der Waals surface area (Å²) in [5, 5.41) is 3.04. The van der Waals surface area contributed by atoms with Crippen molar-refractivity contribution in [2.75, 3.05) is 27.2 Å². The van der Waals surface area contributed by atoms with Crippen LogP contribution in [-0.4, -0.2) is 95.8 Å². The van der Waals surface area contributed by atoms with Gasteiger partial charge in [0.1, 0.15) is 18.2 Å². The average Bonchev–Trinajstić information content (AvgIpc) is 3.61. The van der Waals surface area contributed by atoms with Crippen LogP contribution in [-0.2, 0) is 23.9 Å². The van der Waals surface area contributed by atoms with E-state index < -0.39 is 12.1 Å². The lowest BCUT2D eigenvalue weighted by atomic mass is 9.96. The standard InChI is InChI=1S/C31H52N4O5/c1-20(2)26(34(7)30(38)27(21(3)4)32-28(36)24-15-10-11-17-33(24)6)19-22(5)29(37)35-18-12-16-25(35)31(39)40-23-13-8-9-14-23/h19-21,23-27H,8-18H2,1-7H3,(H,32,36)/b22-19+/t24-,25?,26-,27?/m1/s1. The molecule has 3 fully saturated rings. The maximum absolute atomic E-state index is 13.8. The summed E-state index contributed by atoms with van der Waals surface area (Å²) in [4.78, 5) is 58.7. The molecule has 0 bridgehead atoms. The van der Waals surface area contributed by atoms with E-state index >= 15 is 0 Å². The zero-order chi connectivity index (χ0) is 29.6. The molecule has 2 unspecified atom stereocenters. The van der Waals surface area contributed by atoms with E-state index in [0.717, 1.165) is 57.9 Å². The van der Waals surface area contributed by atoms with Gasteiger partial charge < -0.3 is 19.9 Å². The van der Waals surface area contributed by atoms with Crippen LogP contribution in [0.1, 0.15) is 92.4 Å². The third kappa shape index (κ3) is 7.86.